The third-order valence-electron chi connectivity index (χ3n) is 4.03. The zero-order chi connectivity index (χ0) is 18.0. The number of nitrogens with zero attached hydrogens (tertiary/aromatic N) is 1. The van der Waals surface area contributed by atoms with Crippen LogP contribution in [-0.2, 0) is 21.5 Å². The van der Waals surface area contributed by atoms with E-state index in [1.807, 2.05) is 26.8 Å². The summed E-state index contributed by atoms with van der Waals surface area (Å²) in [6.45, 7) is 15.3. The molecule has 0 N–H and O–H groups in total. The number of hydrogen-bond donors (Lipinski definition) is 0. The highest BCUT2D eigenvalue weighted by molar-refractivity contribution is 5.71. The molecule has 1 saturated heterocycles. The van der Waals surface area contributed by atoms with E-state index in [9.17, 15) is 4.79 Å². The molecule has 0 saturated carbocycles. The Morgan fingerprint density at radius 3 is 2.29 bits per heavy atom. The van der Waals surface area contributed by atoms with Crippen molar-refractivity contribution in [2.24, 2.45) is 0 Å². The molecule has 1 aliphatic heterocycles. The summed E-state index contributed by atoms with van der Waals surface area (Å²) in [6, 6.07) is 6.28. The summed E-state index contributed by atoms with van der Waals surface area (Å²) in [5.41, 5.74) is 2.03. The number of likely N-dealkylation sites (tertiary alicyclic amines) is 1. The number of carbonyl (C=O) groups is 1. The van der Waals surface area contributed by atoms with E-state index >= 15 is 0 Å². The van der Waals surface area contributed by atoms with Gasteiger partial charge in [0, 0.05) is 12.1 Å². The van der Waals surface area contributed by atoms with E-state index in [-0.39, 0.29) is 18.0 Å². The summed E-state index contributed by atoms with van der Waals surface area (Å²) in [5.74, 6) is 0.443. The van der Waals surface area contributed by atoms with Gasteiger partial charge in [-0.3, -0.25) is 4.90 Å². The summed E-state index contributed by atoms with van der Waals surface area (Å²) in [6.07, 6.45) is 1.26. The third kappa shape index (κ3) is 5.52. The van der Waals surface area contributed by atoms with Crippen molar-refractivity contribution in [3.8, 4) is 5.75 Å². The molecular weight excluding hydrogens is 302 g/mol. The van der Waals surface area contributed by atoms with E-state index in [2.05, 4.69) is 37.8 Å². The molecule has 1 aromatic rings. The topological polar surface area (TPSA) is 38.8 Å². The lowest BCUT2D eigenvalue weighted by Gasteiger charge is -2.32. The molecule has 1 aliphatic rings. The fourth-order valence-electron chi connectivity index (χ4n) is 2.60. The minimum absolute atomic E-state index is 0.0564. The van der Waals surface area contributed by atoms with Crippen molar-refractivity contribution in [1.29, 1.82) is 0 Å². The van der Waals surface area contributed by atoms with Crippen LogP contribution in [0.2, 0.25) is 0 Å². The van der Waals surface area contributed by atoms with Crippen LogP contribution in [0.1, 0.15) is 59.1 Å². The molecule has 1 fully saturated rings. The maximum Gasteiger partial charge on any atom is 0.344 e. The van der Waals surface area contributed by atoms with Gasteiger partial charge in [-0.25, -0.2) is 4.79 Å². The van der Waals surface area contributed by atoms with Gasteiger partial charge >= 0.3 is 5.97 Å². The van der Waals surface area contributed by atoms with Crippen molar-refractivity contribution >= 4 is 5.97 Å². The fourth-order valence-corrected chi connectivity index (χ4v) is 2.60. The number of carbonyl (C=O) groups excluding carboxylic acids is 1. The van der Waals surface area contributed by atoms with Crippen molar-refractivity contribution in [2.45, 2.75) is 65.5 Å². The van der Waals surface area contributed by atoms with Crippen LogP contribution < -0.4 is 4.74 Å². The largest absolute Gasteiger partial charge is 0.482 e. The number of rotatable bonds is 5. The van der Waals surface area contributed by atoms with Gasteiger partial charge in [-0.2, -0.15) is 0 Å². The third-order valence-corrected chi connectivity index (χ3v) is 4.03. The average molecular weight is 333 g/mol. The molecule has 134 valence electrons. The van der Waals surface area contributed by atoms with E-state index in [0.717, 1.165) is 30.9 Å². The molecule has 0 amide bonds. The number of benzene rings is 1. The van der Waals surface area contributed by atoms with Crippen molar-refractivity contribution in [3.05, 3.63) is 29.3 Å². The van der Waals surface area contributed by atoms with Crippen LogP contribution in [0.25, 0.3) is 0 Å². The van der Waals surface area contributed by atoms with Gasteiger partial charge in [0.1, 0.15) is 11.4 Å². The van der Waals surface area contributed by atoms with Gasteiger partial charge in [0.25, 0.3) is 0 Å². The van der Waals surface area contributed by atoms with Crippen molar-refractivity contribution in [3.63, 3.8) is 0 Å². The predicted molar refractivity (Wildman–Crippen MR) is 96.4 cm³/mol. The smallest absolute Gasteiger partial charge is 0.344 e. The molecule has 0 aliphatic carbocycles. The molecule has 1 aromatic carbocycles. The van der Waals surface area contributed by atoms with Gasteiger partial charge in [-0.1, -0.05) is 32.9 Å². The van der Waals surface area contributed by atoms with E-state index in [1.165, 1.54) is 12.0 Å². The van der Waals surface area contributed by atoms with Crippen LogP contribution in [0, 0.1) is 0 Å². The predicted octanol–water partition coefficient (Wildman–Crippen LogP) is 3.91. The molecule has 4 heteroatoms. The zero-order valence-corrected chi connectivity index (χ0v) is 15.9. The Morgan fingerprint density at radius 1 is 1.12 bits per heavy atom. The molecule has 24 heavy (non-hydrogen) atoms. The van der Waals surface area contributed by atoms with E-state index in [4.69, 9.17) is 9.47 Å². The highest BCUT2D eigenvalue weighted by Crippen LogP contribution is 2.30. The van der Waals surface area contributed by atoms with Crippen LogP contribution in [0.4, 0.5) is 0 Å². The SMILES string of the molecule is CC(C)(C)OC(=O)COc1ccc(C(C)(C)C)cc1CN1CCC1. The molecule has 2 rings (SSSR count). The lowest BCUT2D eigenvalue weighted by atomic mass is 9.86. The minimum Gasteiger partial charge on any atom is -0.482 e. The van der Waals surface area contributed by atoms with Crippen molar-refractivity contribution < 1.29 is 14.3 Å². The molecule has 0 radical (unpaired) electrons. The van der Waals surface area contributed by atoms with Crippen molar-refractivity contribution in [1.82, 2.24) is 4.90 Å². The monoisotopic (exact) mass is 333 g/mol. The first-order chi connectivity index (χ1) is 11.0. The standard InChI is InChI=1S/C20H31NO3/c1-19(2,3)16-8-9-17(15(12-16)13-21-10-7-11-21)23-14-18(22)24-20(4,5)6/h8-9,12H,7,10-11,13-14H2,1-6H3. The van der Waals surface area contributed by atoms with Gasteiger partial charge < -0.3 is 9.47 Å². The highest BCUT2D eigenvalue weighted by Gasteiger charge is 2.21. The Morgan fingerprint density at radius 2 is 1.79 bits per heavy atom. The van der Waals surface area contributed by atoms with Gasteiger partial charge in [-0.15, -0.1) is 0 Å². The van der Waals surface area contributed by atoms with Gasteiger partial charge in [-0.05, 0) is 57.3 Å². The molecular formula is C20H31NO3. The van der Waals surface area contributed by atoms with Gasteiger partial charge in [0.15, 0.2) is 6.61 Å². The van der Waals surface area contributed by atoms with Crippen LogP contribution in [-0.4, -0.2) is 36.2 Å². The van der Waals surface area contributed by atoms with E-state index in [1.54, 1.807) is 0 Å². The first-order valence-electron chi connectivity index (χ1n) is 8.75. The molecule has 0 spiro atoms. The fraction of sp³-hybridized carbons (Fsp3) is 0.650. The lowest BCUT2D eigenvalue weighted by Crippen LogP contribution is -2.36. The molecule has 4 nitrogen and oxygen atoms in total. The minimum atomic E-state index is -0.489. The second kappa shape index (κ2) is 7.14. The Kier molecular flexibility index (Phi) is 5.59. The Bertz CT molecular complexity index is 578. The van der Waals surface area contributed by atoms with Crippen LogP contribution >= 0.6 is 0 Å². The Hall–Kier alpha value is -1.55. The summed E-state index contributed by atoms with van der Waals surface area (Å²) >= 11 is 0. The van der Waals surface area contributed by atoms with Crippen LogP contribution in [0.15, 0.2) is 18.2 Å². The quantitative estimate of drug-likeness (QED) is 0.766. The van der Waals surface area contributed by atoms with Crippen molar-refractivity contribution in [2.75, 3.05) is 19.7 Å². The van der Waals surface area contributed by atoms with E-state index < -0.39 is 5.60 Å². The molecule has 0 aromatic heterocycles. The maximum absolute atomic E-state index is 11.9. The average Bonchev–Trinajstić information content (AvgIpc) is 2.38. The van der Waals surface area contributed by atoms with Gasteiger partial charge in [0.2, 0.25) is 0 Å². The maximum atomic E-state index is 11.9. The lowest BCUT2D eigenvalue weighted by molar-refractivity contribution is -0.157. The second-order valence-corrected chi connectivity index (χ2v) is 8.58. The molecule has 0 unspecified atom stereocenters. The Balaban J connectivity index is 2.10. The summed E-state index contributed by atoms with van der Waals surface area (Å²) in [4.78, 5) is 14.3. The number of hydrogen-bond acceptors (Lipinski definition) is 4. The Labute approximate surface area is 146 Å². The number of ether oxygens (including phenoxy) is 2. The highest BCUT2D eigenvalue weighted by atomic mass is 16.6. The zero-order valence-electron chi connectivity index (χ0n) is 15.9. The summed E-state index contributed by atoms with van der Waals surface area (Å²) in [5, 5.41) is 0. The number of esters is 1. The summed E-state index contributed by atoms with van der Waals surface area (Å²) in [7, 11) is 0. The van der Waals surface area contributed by atoms with E-state index in [0.29, 0.717) is 0 Å². The summed E-state index contributed by atoms with van der Waals surface area (Å²) < 4.78 is 11.1. The first kappa shape index (κ1) is 18.8. The molecule has 0 atom stereocenters. The van der Waals surface area contributed by atoms with Crippen LogP contribution in [0.5, 0.6) is 5.75 Å². The second-order valence-electron chi connectivity index (χ2n) is 8.58. The molecule has 0 bridgehead atoms. The first-order valence-corrected chi connectivity index (χ1v) is 8.75. The van der Waals surface area contributed by atoms with Crippen LogP contribution in [0.3, 0.4) is 0 Å². The normalized spacial score (nSPS) is 15.8. The van der Waals surface area contributed by atoms with Gasteiger partial charge in [0.05, 0.1) is 0 Å². The molecule has 1 heterocycles.